The van der Waals surface area contributed by atoms with E-state index in [0.717, 1.165) is 23.2 Å². The van der Waals surface area contributed by atoms with Crippen LogP contribution in [0.5, 0.6) is 0 Å². The van der Waals surface area contributed by atoms with Crippen LogP contribution < -0.4 is 10.6 Å². The predicted octanol–water partition coefficient (Wildman–Crippen LogP) is 4.35. The largest absolute Gasteiger partial charge is 0.350 e. The first-order valence-electron chi connectivity index (χ1n) is 8.77. The Morgan fingerprint density at radius 1 is 1.04 bits per heavy atom. The maximum Gasteiger partial charge on any atom is 0.258 e. The molecule has 2 aromatic carbocycles. The van der Waals surface area contributed by atoms with E-state index in [1.165, 1.54) is 18.5 Å². The van der Waals surface area contributed by atoms with Crippen LogP contribution in [0.25, 0.3) is 0 Å². The molecule has 0 aliphatic rings. The maximum atomic E-state index is 13.6. The number of halogens is 1. The minimum atomic E-state index is -0.286. The second-order valence-electron chi connectivity index (χ2n) is 6.16. The number of hydrogen-bond acceptors (Lipinski definition) is 4. The zero-order chi connectivity index (χ0) is 19.2. The molecule has 0 spiro atoms. The van der Waals surface area contributed by atoms with Crippen molar-refractivity contribution in [2.45, 2.75) is 26.8 Å². The molecule has 1 aromatic heterocycles. The van der Waals surface area contributed by atoms with E-state index in [0.29, 0.717) is 17.1 Å². The summed E-state index contributed by atoms with van der Waals surface area (Å²) in [7, 11) is 0. The molecule has 0 fully saturated rings. The number of aromatic nitrogens is 2. The molecule has 1 amide bonds. The number of para-hydroxylation sites is 1. The SMILES string of the molecule is CCc1cccc(C)c1NC(=O)c1cnc(NCc2ccccc2F)nc1. The number of carbonyl (C=O) groups is 1. The Hall–Kier alpha value is -3.28. The molecule has 138 valence electrons. The second kappa shape index (κ2) is 8.40. The highest BCUT2D eigenvalue weighted by Gasteiger charge is 2.12. The zero-order valence-electron chi connectivity index (χ0n) is 15.3. The number of nitrogens with one attached hydrogen (secondary N) is 2. The molecular weight excluding hydrogens is 343 g/mol. The molecule has 0 aliphatic heterocycles. The van der Waals surface area contributed by atoms with Gasteiger partial charge < -0.3 is 10.6 Å². The molecule has 1 heterocycles. The van der Waals surface area contributed by atoms with Crippen molar-refractivity contribution in [2.24, 2.45) is 0 Å². The summed E-state index contributed by atoms with van der Waals surface area (Å²) in [6.07, 6.45) is 3.73. The molecule has 0 atom stereocenters. The fourth-order valence-electron chi connectivity index (χ4n) is 2.74. The van der Waals surface area contributed by atoms with Gasteiger partial charge in [0.05, 0.1) is 5.56 Å². The van der Waals surface area contributed by atoms with Gasteiger partial charge in [0.2, 0.25) is 5.95 Å². The standard InChI is InChI=1S/C21H21FN4O/c1-3-15-9-6-7-14(2)19(15)26-20(27)17-12-24-21(25-13-17)23-11-16-8-4-5-10-18(16)22/h4-10,12-13H,3,11H2,1-2H3,(H,26,27)(H,23,24,25). The topological polar surface area (TPSA) is 66.9 Å². The molecule has 5 nitrogen and oxygen atoms in total. The molecule has 3 rings (SSSR count). The monoisotopic (exact) mass is 364 g/mol. The van der Waals surface area contributed by atoms with Gasteiger partial charge in [-0.05, 0) is 30.5 Å². The van der Waals surface area contributed by atoms with Crippen molar-refractivity contribution < 1.29 is 9.18 Å². The molecule has 0 aliphatic carbocycles. The Bertz CT molecular complexity index is 941. The van der Waals surface area contributed by atoms with Crippen molar-refractivity contribution in [3.05, 3.63) is 82.9 Å². The highest BCUT2D eigenvalue weighted by atomic mass is 19.1. The van der Waals surface area contributed by atoms with Crippen LogP contribution in [0.15, 0.2) is 54.9 Å². The van der Waals surface area contributed by atoms with Crippen molar-refractivity contribution >= 4 is 17.5 Å². The molecule has 0 saturated carbocycles. The maximum absolute atomic E-state index is 13.6. The van der Waals surface area contributed by atoms with E-state index in [9.17, 15) is 9.18 Å². The van der Waals surface area contributed by atoms with Gasteiger partial charge >= 0.3 is 0 Å². The van der Waals surface area contributed by atoms with Gasteiger partial charge in [0.25, 0.3) is 5.91 Å². The van der Waals surface area contributed by atoms with Gasteiger partial charge in [-0.1, -0.05) is 43.3 Å². The quantitative estimate of drug-likeness (QED) is 0.682. The van der Waals surface area contributed by atoms with Crippen molar-refractivity contribution in [3.8, 4) is 0 Å². The lowest BCUT2D eigenvalue weighted by atomic mass is 10.1. The van der Waals surface area contributed by atoms with Crippen LogP contribution in [0.4, 0.5) is 16.0 Å². The van der Waals surface area contributed by atoms with Crippen molar-refractivity contribution in [2.75, 3.05) is 10.6 Å². The van der Waals surface area contributed by atoms with Crippen molar-refractivity contribution in [1.29, 1.82) is 0 Å². The molecule has 0 radical (unpaired) electrons. The van der Waals surface area contributed by atoms with Gasteiger partial charge in [-0.2, -0.15) is 0 Å². The minimum Gasteiger partial charge on any atom is -0.350 e. The Morgan fingerprint density at radius 3 is 2.44 bits per heavy atom. The lowest BCUT2D eigenvalue weighted by molar-refractivity contribution is 0.102. The number of rotatable bonds is 6. The highest BCUT2D eigenvalue weighted by molar-refractivity contribution is 6.04. The summed E-state index contributed by atoms with van der Waals surface area (Å²) in [6, 6.07) is 12.4. The van der Waals surface area contributed by atoms with Crippen LogP contribution in [-0.4, -0.2) is 15.9 Å². The summed E-state index contributed by atoms with van der Waals surface area (Å²) in [5.74, 6) is -0.217. The van der Waals surface area contributed by atoms with Crippen molar-refractivity contribution in [1.82, 2.24) is 9.97 Å². The molecular formula is C21H21FN4O. The van der Waals surface area contributed by atoms with E-state index in [4.69, 9.17) is 0 Å². The molecule has 3 aromatic rings. The number of nitrogens with zero attached hydrogens (tertiary/aromatic N) is 2. The van der Waals surface area contributed by atoms with Crippen LogP contribution in [0.3, 0.4) is 0 Å². The van der Waals surface area contributed by atoms with Gasteiger partial charge in [-0.3, -0.25) is 4.79 Å². The Labute approximate surface area is 157 Å². The second-order valence-corrected chi connectivity index (χ2v) is 6.16. The average Bonchev–Trinajstić information content (AvgIpc) is 2.69. The third-order valence-electron chi connectivity index (χ3n) is 4.29. The van der Waals surface area contributed by atoms with Crippen LogP contribution in [-0.2, 0) is 13.0 Å². The van der Waals surface area contributed by atoms with E-state index in [1.54, 1.807) is 18.2 Å². The molecule has 0 saturated heterocycles. The van der Waals surface area contributed by atoms with Gasteiger partial charge in [0.1, 0.15) is 5.82 Å². The van der Waals surface area contributed by atoms with Crippen LogP contribution in [0.2, 0.25) is 0 Å². The first-order valence-corrected chi connectivity index (χ1v) is 8.77. The summed E-state index contributed by atoms with van der Waals surface area (Å²) in [5, 5.41) is 5.89. The van der Waals surface area contributed by atoms with E-state index in [-0.39, 0.29) is 18.3 Å². The van der Waals surface area contributed by atoms with E-state index in [2.05, 4.69) is 20.6 Å². The van der Waals surface area contributed by atoms with Gasteiger partial charge in [-0.25, -0.2) is 14.4 Å². The Balaban J connectivity index is 1.67. The summed E-state index contributed by atoms with van der Waals surface area (Å²) >= 11 is 0. The predicted molar refractivity (Wildman–Crippen MR) is 104 cm³/mol. The molecule has 27 heavy (non-hydrogen) atoms. The number of hydrogen-bond donors (Lipinski definition) is 2. The third kappa shape index (κ3) is 4.47. The molecule has 2 N–H and O–H groups in total. The molecule has 0 unspecified atom stereocenters. The number of aryl methyl sites for hydroxylation is 2. The smallest absolute Gasteiger partial charge is 0.258 e. The summed E-state index contributed by atoms with van der Waals surface area (Å²) in [4.78, 5) is 20.8. The first-order chi connectivity index (χ1) is 13.1. The zero-order valence-corrected chi connectivity index (χ0v) is 15.3. The van der Waals surface area contributed by atoms with E-state index >= 15 is 0 Å². The molecule has 6 heteroatoms. The van der Waals surface area contributed by atoms with Crippen LogP contribution >= 0.6 is 0 Å². The van der Waals surface area contributed by atoms with Crippen LogP contribution in [0.1, 0.15) is 34.0 Å². The van der Waals surface area contributed by atoms with E-state index < -0.39 is 0 Å². The van der Waals surface area contributed by atoms with Crippen LogP contribution in [0, 0.1) is 12.7 Å². The molecule has 0 bridgehead atoms. The fourth-order valence-corrected chi connectivity index (χ4v) is 2.74. The minimum absolute atomic E-state index is 0.264. The number of anilines is 2. The average molecular weight is 364 g/mol. The van der Waals surface area contributed by atoms with Gasteiger partial charge in [-0.15, -0.1) is 0 Å². The first kappa shape index (κ1) is 18.5. The van der Waals surface area contributed by atoms with Gasteiger partial charge in [0.15, 0.2) is 0 Å². The normalized spacial score (nSPS) is 10.5. The lowest BCUT2D eigenvalue weighted by Gasteiger charge is -2.13. The summed E-state index contributed by atoms with van der Waals surface area (Å²) in [5.41, 5.74) is 3.79. The third-order valence-corrected chi connectivity index (χ3v) is 4.29. The fraction of sp³-hybridized carbons (Fsp3) is 0.190. The highest BCUT2D eigenvalue weighted by Crippen LogP contribution is 2.21. The van der Waals surface area contributed by atoms with Crippen molar-refractivity contribution in [3.63, 3.8) is 0 Å². The van der Waals surface area contributed by atoms with E-state index in [1.807, 2.05) is 32.0 Å². The lowest BCUT2D eigenvalue weighted by Crippen LogP contribution is -2.15. The Kier molecular flexibility index (Phi) is 5.76. The number of carbonyl (C=O) groups excluding carboxylic acids is 1. The Morgan fingerprint density at radius 2 is 1.74 bits per heavy atom. The summed E-state index contributed by atoms with van der Waals surface area (Å²) < 4.78 is 13.6. The number of benzene rings is 2. The van der Waals surface area contributed by atoms with Gasteiger partial charge in [0, 0.05) is 30.2 Å². The number of amides is 1. The summed E-state index contributed by atoms with van der Waals surface area (Å²) in [6.45, 7) is 4.27.